The highest BCUT2D eigenvalue weighted by Gasteiger charge is 2.59. The minimum absolute atomic E-state index is 0.0464. The Balaban J connectivity index is 2.37. The highest BCUT2D eigenvalue weighted by Crippen LogP contribution is 2.37. The highest BCUT2D eigenvalue weighted by molar-refractivity contribution is 7.89. The predicted octanol–water partition coefficient (Wildman–Crippen LogP) is 2.66. The van der Waals surface area contributed by atoms with Gasteiger partial charge in [0.2, 0.25) is 10.0 Å². The molecular formula is C16H24Cl2N3O4S+. The fourth-order valence-electron chi connectivity index (χ4n) is 3.75. The average Bonchev–Trinajstić information content (AvgIpc) is 2.88. The van der Waals surface area contributed by atoms with Crippen molar-refractivity contribution in [3.05, 3.63) is 28.2 Å². The Hall–Kier alpha value is -0.900. The molecule has 1 aliphatic heterocycles. The van der Waals surface area contributed by atoms with Crippen LogP contribution in [0.2, 0.25) is 10.0 Å². The first-order valence-electron chi connectivity index (χ1n) is 8.14. The molecule has 1 aromatic rings. The van der Waals surface area contributed by atoms with Crippen LogP contribution in [0.1, 0.15) is 27.2 Å². The number of hydrogen-bond acceptors (Lipinski definition) is 4. The molecule has 0 spiro atoms. The summed E-state index contributed by atoms with van der Waals surface area (Å²) in [7, 11) is -3.96. The van der Waals surface area contributed by atoms with Gasteiger partial charge in [-0.2, -0.15) is 4.79 Å². The number of benzene rings is 1. The molecule has 1 fully saturated rings. The number of likely N-dealkylation sites (tertiary alicyclic amines) is 1. The van der Waals surface area contributed by atoms with Gasteiger partial charge < -0.3 is 10.8 Å². The lowest BCUT2D eigenvalue weighted by atomic mass is 10.00. The molecular weight excluding hydrogens is 401 g/mol. The number of nitrogens with two attached hydrogens (primary N) is 1. The van der Waals surface area contributed by atoms with E-state index in [0.29, 0.717) is 6.42 Å². The second kappa shape index (κ2) is 7.26. The fraction of sp³-hybridized carbons (Fsp3) is 0.562. The van der Waals surface area contributed by atoms with E-state index in [2.05, 4.69) is 4.72 Å². The number of amides is 1. The molecule has 3 atom stereocenters. The topological polar surface area (TPSA) is 109 Å². The van der Waals surface area contributed by atoms with Gasteiger partial charge in [-0.25, -0.2) is 17.6 Å². The molecule has 4 N–H and O–H groups in total. The summed E-state index contributed by atoms with van der Waals surface area (Å²) >= 11 is 11.9. The lowest BCUT2D eigenvalue weighted by Gasteiger charge is -2.44. The van der Waals surface area contributed by atoms with Gasteiger partial charge in [0.05, 0.1) is 11.1 Å². The van der Waals surface area contributed by atoms with Crippen molar-refractivity contribution in [2.45, 2.75) is 49.7 Å². The summed E-state index contributed by atoms with van der Waals surface area (Å²) in [6, 6.07) is 3.18. The average molecular weight is 425 g/mol. The van der Waals surface area contributed by atoms with Crippen molar-refractivity contribution in [3.63, 3.8) is 0 Å². The number of carbonyl (C=O) groups is 1. The van der Waals surface area contributed by atoms with Crippen LogP contribution in [0.25, 0.3) is 0 Å². The van der Waals surface area contributed by atoms with Gasteiger partial charge in [-0.05, 0) is 39.0 Å². The standard InChI is InChI=1S/C16H23Cl2N3O4S/c1-16(2,3)21(15(22)23)9-11(7-12(21)8-19)20-26(24,25)14-6-10(17)4-5-13(14)18/h4-6,11-12,20H,7-9,19H2,1-3H3/p+1/t11-,12-,21?/m1/s1. The minimum atomic E-state index is -3.96. The Morgan fingerprint density at radius 1 is 1.38 bits per heavy atom. The number of carboxylic acid groups (broad SMARTS) is 1. The van der Waals surface area contributed by atoms with E-state index in [9.17, 15) is 18.3 Å². The summed E-state index contributed by atoms with van der Waals surface area (Å²) in [4.78, 5) is 12.0. The van der Waals surface area contributed by atoms with E-state index in [1.807, 2.05) is 20.8 Å². The van der Waals surface area contributed by atoms with E-state index < -0.39 is 33.7 Å². The second-order valence-electron chi connectivity index (χ2n) is 7.52. The molecule has 1 unspecified atom stereocenters. The summed E-state index contributed by atoms with van der Waals surface area (Å²) in [6.45, 7) is 5.68. The smallest absolute Gasteiger partial charge is 0.435 e. The Bertz CT molecular complexity index is 810. The van der Waals surface area contributed by atoms with Gasteiger partial charge in [0.15, 0.2) is 0 Å². The number of quaternary nitrogens is 1. The van der Waals surface area contributed by atoms with Crippen molar-refractivity contribution in [2.75, 3.05) is 13.1 Å². The van der Waals surface area contributed by atoms with Crippen molar-refractivity contribution >= 4 is 39.3 Å². The molecule has 0 aromatic heterocycles. The van der Waals surface area contributed by atoms with Gasteiger partial charge in [-0.1, -0.05) is 23.2 Å². The van der Waals surface area contributed by atoms with Gasteiger partial charge in [0, 0.05) is 18.0 Å². The predicted molar refractivity (Wildman–Crippen MR) is 101 cm³/mol. The van der Waals surface area contributed by atoms with E-state index in [1.54, 1.807) is 0 Å². The first-order valence-corrected chi connectivity index (χ1v) is 10.4. The minimum Gasteiger partial charge on any atom is -0.435 e. The second-order valence-corrected chi connectivity index (χ2v) is 10.0. The van der Waals surface area contributed by atoms with Crippen LogP contribution in [0, 0.1) is 0 Å². The van der Waals surface area contributed by atoms with Crippen molar-refractivity contribution in [1.29, 1.82) is 0 Å². The number of hydrogen-bond donors (Lipinski definition) is 3. The lowest BCUT2D eigenvalue weighted by molar-refractivity contribution is -0.913. The van der Waals surface area contributed by atoms with Gasteiger partial charge in [-0.3, -0.25) is 0 Å². The normalized spacial score (nSPS) is 26.8. The van der Waals surface area contributed by atoms with Crippen molar-refractivity contribution in [1.82, 2.24) is 4.72 Å². The maximum Gasteiger partial charge on any atom is 0.514 e. The lowest BCUT2D eigenvalue weighted by Crippen LogP contribution is -2.67. The molecule has 0 bridgehead atoms. The molecule has 1 saturated heterocycles. The quantitative estimate of drug-likeness (QED) is 0.643. The van der Waals surface area contributed by atoms with Gasteiger partial charge in [0.25, 0.3) is 0 Å². The molecule has 1 aliphatic rings. The first kappa shape index (κ1) is 21.4. The largest absolute Gasteiger partial charge is 0.514 e. The summed E-state index contributed by atoms with van der Waals surface area (Å²) < 4.78 is 27.8. The third kappa shape index (κ3) is 3.72. The Morgan fingerprint density at radius 3 is 2.46 bits per heavy atom. The molecule has 0 radical (unpaired) electrons. The van der Waals surface area contributed by atoms with Crippen molar-refractivity contribution in [3.8, 4) is 0 Å². The van der Waals surface area contributed by atoms with E-state index in [1.165, 1.54) is 18.2 Å². The molecule has 26 heavy (non-hydrogen) atoms. The van der Waals surface area contributed by atoms with Crippen molar-refractivity contribution in [2.24, 2.45) is 5.73 Å². The third-order valence-corrected chi connectivity index (χ3v) is 7.24. The van der Waals surface area contributed by atoms with Crippen LogP contribution < -0.4 is 10.5 Å². The van der Waals surface area contributed by atoms with Gasteiger partial charge in [-0.15, -0.1) is 0 Å². The fourth-order valence-corrected chi connectivity index (χ4v) is 5.75. The molecule has 1 amide bonds. The van der Waals surface area contributed by atoms with Crippen LogP contribution in [0.15, 0.2) is 23.1 Å². The molecule has 146 valence electrons. The first-order chi connectivity index (χ1) is 11.8. The summed E-state index contributed by atoms with van der Waals surface area (Å²) in [6.07, 6.45) is -0.701. The van der Waals surface area contributed by atoms with Crippen LogP contribution in [0.4, 0.5) is 4.79 Å². The zero-order chi connectivity index (χ0) is 19.9. The Labute approximate surface area is 163 Å². The van der Waals surface area contributed by atoms with E-state index in [4.69, 9.17) is 28.9 Å². The zero-order valence-corrected chi connectivity index (χ0v) is 17.2. The third-order valence-electron chi connectivity index (χ3n) is 5.00. The Morgan fingerprint density at radius 2 is 2.00 bits per heavy atom. The van der Waals surface area contributed by atoms with Gasteiger partial charge in [0.1, 0.15) is 23.0 Å². The maximum atomic E-state index is 12.7. The molecule has 0 saturated carbocycles. The monoisotopic (exact) mass is 424 g/mol. The summed E-state index contributed by atoms with van der Waals surface area (Å²) in [5, 5.41) is 10.2. The molecule has 2 rings (SSSR count). The molecule has 7 nitrogen and oxygen atoms in total. The molecule has 1 aromatic carbocycles. The molecule has 0 aliphatic carbocycles. The molecule has 10 heteroatoms. The number of halogens is 2. The summed E-state index contributed by atoms with van der Waals surface area (Å²) in [5.41, 5.74) is 5.18. The zero-order valence-electron chi connectivity index (χ0n) is 14.9. The van der Waals surface area contributed by atoms with E-state index >= 15 is 0 Å². The SMILES string of the molecule is CC(C)(C)[N+]1(C(=O)O)C[C@H](NS(=O)(=O)c2cc(Cl)ccc2Cl)C[C@@H]1CN. The van der Waals surface area contributed by atoms with Crippen LogP contribution in [-0.4, -0.2) is 54.8 Å². The van der Waals surface area contributed by atoms with Gasteiger partial charge >= 0.3 is 6.09 Å². The number of nitrogens with one attached hydrogen (secondary N) is 1. The van der Waals surface area contributed by atoms with Crippen LogP contribution in [-0.2, 0) is 10.0 Å². The highest BCUT2D eigenvalue weighted by atomic mass is 35.5. The Kier molecular flexibility index (Phi) is 5.97. The van der Waals surface area contributed by atoms with Crippen LogP contribution in [0.5, 0.6) is 0 Å². The van der Waals surface area contributed by atoms with E-state index in [-0.39, 0.29) is 32.5 Å². The number of nitrogens with zero attached hydrogens (tertiary/aromatic N) is 1. The van der Waals surface area contributed by atoms with E-state index in [0.717, 1.165) is 0 Å². The maximum absolute atomic E-state index is 12.7. The van der Waals surface area contributed by atoms with Crippen molar-refractivity contribution < 1.29 is 22.8 Å². The number of sulfonamides is 1. The summed E-state index contributed by atoms with van der Waals surface area (Å²) in [5.74, 6) is 0. The van der Waals surface area contributed by atoms with Crippen LogP contribution >= 0.6 is 23.2 Å². The molecule has 1 heterocycles. The number of rotatable bonds is 4. The van der Waals surface area contributed by atoms with Crippen LogP contribution in [0.3, 0.4) is 0 Å².